The number of amides is 2. The van der Waals surface area contributed by atoms with Crippen molar-refractivity contribution in [2.75, 3.05) is 17.2 Å². The van der Waals surface area contributed by atoms with Gasteiger partial charge >= 0.3 is 5.97 Å². The number of hydrogen-bond acceptors (Lipinski definition) is 5. The van der Waals surface area contributed by atoms with Crippen molar-refractivity contribution in [1.29, 1.82) is 0 Å². The van der Waals surface area contributed by atoms with Crippen molar-refractivity contribution in [2.24, 2.45) is 0 Å². The Labute approximate surface area is 203 Å². The molecule has 4 rings (SSSR count). The number of pyridine rings is 1. The molecule has 0 spiro atoms. The molecule has 1 atom stereocenters. The highest BCUT2D eigenvalue weighted by molar-refractivity contribution is 6.02. The summed E-state index contributed by atoms with van der Waals surface area (Å²) in [6.45, 7) is 0.818. The fraction of sp³-hybridized carbons (Fsp3) is 0.185. The number of fused-ring (bicyclic) bond motifs is 1. The number of rotatable bonds is 8. The highest BCUT2D eigenvalue weighted by atomic mass is 16.4. The number of carboxylic acids is 1. The summed E-state index contributed by atoms with van der Waals surface area (Å²) in [7, 11) is 0. The van der Waals surface area contributed by atoms with Crippen LogP contribution in [0.15, 0.2) is 79.1 Å². The van der Waals surface area contributed by atoms with Gasteiger partial charge in [0, 0.05) is 42.9 Å². The van der Waals surface area contributed by atoms with Gasteiger partial charge < -0.3 is 20.6 Å². The van der Waals surface area contributed by atoms with Crippen molar-refractivity contribution in [3.8, 4) is 0 Å². The van der Waals surface area contributed by atoms with Crippen LogP contribution in [-0.4, -0.2) is 45.4 Å². The van der Waals surface area contributed by atoms with Crippen LogP contribution in [-0.2, 0) is 27.3 Å². The van der Waals surface area contributed by atoms with Crippen LogP contribution in [0.2, 0.25) is 0 Å². The van der Waals surface area contributed by atoms with Gasteiger partial charge in [-0.15, -0.1) is 0 Å². The van der Waals surface area contributed by atoms with Crippen LogP contribution >= 0.6 is 0 Å². The van der Waals surface area contributed by atoms with E-state index in [2.05, 4.69) is 15.6 Å². The van der Waals surface area contributed by atoms with Crippen molar-refractivity contribution < 1.29 is 19.5 Å². The Morgan fingerprint density at radius 3 is 2.63 bits per heavy atom. The number of aliphatic carboxylic acids is 1. The summed E-state index contributed by atoms with van der Waals surface area (Å²) in [5.41, 5.74) is 3.97. The van der Waals surface area contributed by atoms with Gasteiger partial charge in [0.05, 0.1) is 6.42 Å². The van der Waals surface area contributed by atoms with E-state index in [1.54, 1.807) is 47.6 Å². The van der Waals surface area contributed by atoms with Gasteiger partial charge in [-0.3, -0.25) is 19.4 Å². The van der Waals surface area contributed by atoms with Crippen LogP contribution in [0.3, 0.4) is 0 Å². The first-order valence-electron chi connectivity index (χ1n) is 11.3. The van der Waals surface area contributed by atoms with Gasteiger partial charge in [0.1, 0.15) is 6.04 Å². The molecular formula is C27H26N4O4. The number of carbonyl (C=O) groups is 3. The van der Waals surface area contributed by atoms with E-state index in [0.29, 0.717) is 30.9 Å². The first-order valence-corrected chi connectivity index (χ1v) is 11.3. The van der Waals surface area contributed by atoms with E-state index in [9.17, 15) is 19.5 Å². The number of nitrogens with one attached hydrogen (secondary N) is 2. The third kappa shape index (κ3) is 6.54. The molecule has 2 heterocycles. The second kappa shape index (κ2) is 11.1. The SMILES string of the molecule is O=C(O)CC1Nc2cc(NC(=O)C=Cc3ccncc3)ccc2CN(CCc2ccccc2)C1=O. The second-order valence-corrected chi connectivity index (χ2v) is 8.27. The van der Waals surface area contributed by atoms with E-state index in [-0.39, 0.29) is 18.2 Å². The summed E-state index contributed by atoms with van der Waals surface area (Å²) in [6, 6.07) is 17.9. The Bertz CT molecular complexity index is 1230. The minimum atomic E-state index is -1.06. The van der Waals surface area contributed by atoms with E-state index in [4.69, 9.17) is 0 Å². The van der Waals surface area contributed by atoms with Crippen molar-refractivity contribution in [2.45, 2.75) is 25.4 Å². The molecule has 3 N–H and O–H groups in total. The van der Waals surface area contributed by atoms with Gasteiger partial charge in [-0.05, 0) is 53.5 Å². The molecule has 0 saturated heterocycles. The summed E-state index contributed by atoms with van der Waals surface area (Å²) in [6.07, 6.45) is 6.73. The van der Waals surface area contributed by atoms with Gasteiger partial charge in [-0.1, -0.05) is 36.4 Å². The molecule has 8 nitrogen and oxygen atoms in total. The average molecular weight is 471 g/mol. The largest absolute Gasteiger partial charge is 0.481 e. The number of benzene rings is 2. The van der Waals surface area contributed by atoms with Crippen LogP contribution in [0.5, 0.6) is 0 Å². The summed E-state index contributed by atoms with van der Waals surface area (Å²) in [5.74, 6) is -1.63. The predicted molar refractivity (Wildman–Crippen MR) is 134 cm³/mol. The van der Waals surface area contributed by atoms with Crippen molar-refractivity contribution >= 4 is 35.2 Å². The van der Waals surface area contributed by atoms with Crippen LogP contribution in [0.4, 0.5) is 11.4 Å². The number of anilines is 2. The third-order valence-electron chi connectivity index (χ3n) is 5.70. The van der Waals surface area contributed by atoms with Gasteiger partial charge in [0.2, 0.25) is 11.8 Å². The third-order valence-corrected chi connectivity index (χ3v) is 5.70. The lowest BCUT2D eigenvalue weighted by Gasteiger charge is -2.24. The molecule has 0 radical (unpaired) electrons. The van der Waals surface area contributed by atoms with Crippen LogP contribution in [0.1, 0.15) is 23.1 Å². The molecule has 0 aliphatic carbocycles. The Balaban J connectivity index is 1.50. The second-order valence-electron chi connectivity index (χ2n) is 8.27. The first-order chi connectivity index (χ1) is 17.0. The molecule has 0 fully saturated rings. The standard InChI is InChI=1S/C27H26N4O4/c32-25(9-6-20-10-13-28-14-11-20)29-22-8-7-21-18-31(15-12-19-4-2-1-3-5-19)27(35)24(17-26(33)34)30-23(21)16-22/h1-11,13-14,16,24,30H,12,15,17-18H2,(H,29,32)(H,33,34). The van der Waals surface area contributed by atoms with Crippen molar-refractivity contribution in [3.05, 3.63) is 95.8 Å². The highest BCUT2D eigenvalue weighted by Gasteiger charge is 2.30. The minimum absolute atomic E-state index is 0.259. The Morgan fingerprint density at radius 1 is 1.11 bits per heavy atom. The lowest BCUT2D eigenvalue weighted by Crippen LogP contribution is -2.42. The molecule has 1 aliphatic rings. The number of hydrogen-bond donors (Lipinski definition) is 3. The summed E-state index contributed by atoms with van der Waals surface area (Å²) >= 11 is 0. The smallest absolute Gasteiger partial charge is 0.305 e. The van der Waals surface area contributed by atoms with E-state index in [1.165, 1.54) is 6.08 Å². The molecule has 2 amide bonds. The molecular weight excluding hydrogens is 444 g/mol. The number of aromatic nitrogens is 1. The summed E-state index contributed by atoms with van der Waals surface area (Å²) < 4.78 is 0. The normalized spacial score (nSPS) is 15.3. The lowest BCUT2D eigenvalue weighted by molar-refractivity contribution is -0.141. The van der Waals surface area contributed by atoms with Gasteiger partial charge in [0.25, 0.3) is 0 Å². The molecule has 178 valence electrons. The molecule has 2 aromatic carbocycles. The zero-order chi connectivity index (χ0) is 24.6. The highest BCUT2D eigenvalue weighted by Crippen LogP contribution is 2.27. The Hall–Kier alpha value is -4.46. The minimum Gasteiger partial charge on any atom is -0.481 e. The average Bonchev–Trinajstić information content (AvgIpc) is 2.98. The van der Waals surface area contributed by atoms with Gasteiger partial charge in [0.15, 0.2) is 0 Å². The first kappa shape index (κ1) is 23.7. The molecule has 0 saturated carbocycles. The predicted octanol–water partition coefficient (Wildman–Crippen LogP) is 3.57. The fourth-order valence-electron chi connectivity index (χ4n) is 3.92. The molecule has 0 bridgehead atoms. The molecule has 1 aromatic heterocycles. The number of carboxylic acid groups (broad SMARTS) is 1. The maximum atomic E-state index is 13.2. The number of carbonyl (C=O) groups excluding carboxylic acids is 2. The monoisotopic (exact) mass is 470 g/mol. The summed E-state index contributed by atoms with van der Waals surface area (Å²) in [4.78, 5) is 42.6. The summed E-state index contributed by atoms with van der Waals surface area (Å²) in [5, 5.41) is 15.3. The molecule has 1 unspecified atom stereocenters. The molecule has 3 aromatic rings. The van der Waals surface area contributed by atoms with E-state index in [1.807, 2.05) is 36.4 Å². The fourth-order valence-corrected chi connectivity index (χ4v) is 3.92. The zero-order valence-electron chi connectivity index (χ0n) is 19.1. The maximum Gasteiger partial charge on any atom is 0.305 e. The van der Waals surface area contributed by atoms with Crippen LogP contribution < -0.4 is 10.6 Å². The lowest BCUT2D eigenvalue weighted by atomic mass is 10.1. The van der Waals surface area contributed by atoms with Gasteiger partial charge in [-0.2, -0.15) is 0 Å². The Kier molecular flexibility index (Phi) is 7.52. The van der Waals surface area contributed by atoms with Crippen LogP contribution in [0, 0.1) is 0 Å². The number of nitrogens with zero attached hydrogens (tertiary/aromatic N) is 2. The van der Waals surface area contributed by atoms with Crippen molar-refractivity contribution in [3.63, 3.8) is 0 Å². The quantitative estimate of drug-likeness (QED) is 0.434. The van der Waals surface area contributed by atoms with E-state index < -0.39 is 12.0 Å². The van der Waals surface area contributed by atoms with Crippen LogP contribution in [0.25, 0.3) is 6.08 Å². The zero-order valence-corrected chi connectivity index (χ0v) is 19.1. The topological polar surface area (TPSA) is 112 Å². The molecule has 35 heavy (non-hydrogen) atoms. The Morgan fingerprint density at radius 2 is 1.89 bits per heavy atom. The molecule has 8 heteroatoms. The van der Waals surface area contributed by atoms with Gasteiger partial charge in [-0.25, -0.2) is 0 Å². The van der Waals surface area contributed by atoms with E-state index in [0.717, 1.165) is 16.7 Å². The van der Waals surface area contributed by atoms with E-state index >= 15 is 0 Å². The maximum absolute atomic E-state index is 13.2. The molecule has 1 aliphatic heterocycles. The van der Waals surface area contributed by atoms with Crippen molar-refractivity contribution in [1.82, 2.24) is 9.88 Å².